The first kappa shape index (κ1) is 12.4. The first-order valence-corrected chi connectivity index (χ1v) is 6.78. The van der Waals surface area contributed by atoms with Crippen LogP contribution in [0.1, 0.15) is 51.6 Å². The number of benzene rings is 1. The van der Waals surface area contributed by atoms with Gasteiger partial charge in [0.15, 0.2) is 0 Å². The lowest BCUT2D eigenvalue weighted by Crippen LogP contribution is -2.35. The minimum absolute atomic E-state index is 0.108. The molecule has 0 spiro atoms. The van der Waals surface area contributed by atoms with E-state index in [0.29, 0.717) is 12.1 Å². The van der Waals surface area contributed by atoms with Crippen molar-refractivity contribution in [3.05, 3.63) is 29.8 Å². The molecule has 3 atom stereocenters. The van der Waals surface area contributed by atoms with Gasteiger partial charge in [0, 0.05) is 23.8 Å². The molecule has 2 rings (SSSR count). The van der Waals surface area contributed by atoms with Crippen LogP contribution in [-0.4, -0.2) is 12.1 Å². The summed E-state index contributed by atoms with van der Waals surface area (Å²) in [6.07, 6.45) is 3.83. The normalized spacial score (nSPS) is 26.2. The van der Waals surface area contributed by atoms with E-state index < -0.39 is 0 Å². The Morgan fingerprint density at radius 1 is 1.35 bits per heavy atom. The largest absolute Gasteiger partial charge is 0.366 e. The summed E-state index contributed by atoms with van der Waals surface area (Å²) in [5.74, 6) is 0. The quantitative estimate of drug-likeness (QED) is 0.864. The average molecular weight is 232 g/mol. The number of rotatable bonds is 3. The van der Waals surface area contributed by atoms with Gasteiger partial charge in [-0.1, -0.05) is 25.1 Å². The fourth-order valence-electron chi connectivity index (χ4n) is 3.01. The highest BCUT2D eigenvalue weighted by molar-refractivity contribution is 5.57. The van der Waals surface area contributed by atoms with Gasteiger partial charge >= 0.3 is 0 Å². The van der Waals surface area contributed by atoms with E-state index in [1.165, 1.54) is 30.5 Å². The van der Waals surface area contributed by atoms with Crippen molar-refractivity contribution in [1.29, 1.82) is 0 Å². The van der Waals surface area contributed by atoms with Crippen molar-refractivity contribution in [1.82, 2.24) is 0 Å². The number of para-hydroxylation sites is 1. The molecule has 1 fully saturated rings. The van der Waals surface area contributed by atoms with Crippen LogP contribution in [0, 0.1) is 0 Å². The van der Waals surface area contributed by atoms with Gasteiger partial charge in [-0.15, -0.1) is 0 Å². The van der Waals surface area contributed by atoms with E-state index in [2.05, 4.69) is 49.9 Å². The third-order valence-electron chi connectivity index (χ3n) is 3.96. The highest BCUT2D eigenvalue weighted by atomic mass is 15.2. The molecule has 17 heavy (non-hydrogen) atoms. The number of nitrogens with zero attached hydrogens (tertiary/aromatic N) is 1. The second kappa shape index (κ2) is 5.09. The summed E-state index contributed by atoms with van der Waals surface area (Å²) in [6, 6.07) is 10.0. The fraction of sp³-hybridized carbons (Fsp3) is 0.600. The van der Waals surface area contributed by atoms with Crippen molar-refractivity contribution >= 4 is 5.69 Å². The van der Waals surface area contributed by atoms with Gasteiger partial charge in [0.05, 0.1) is 0 Å². The van der Waals surface area contributed by atoms with E-state index in [1.54, 1.807) is 0 Å². The smallest absolute Gasteiger partial charge is 0.0419 e. The molecule has 2 heteroatoms. The minimum atomic E-state index is 0.108. The predicted molar refractivity (Wildman–Crippen MR) is 74.3 cm³/mol. The fourth-order valence-corrected chi connectivity index (χ4v) is 3.01. The first-order chi connectivity index (χ1) is 8.15. The Morgan fingerprint density at radius 3 is 2.71 bits per heavy atom. The van der Waals surface area contributed by atoms with E-state index in [9.17, 15) is 0 Å². The first-order valence-electron chi connectivity index (χ1n) is 6.78. The summed E-state index contributed by atoms with van der Waals surface area (Å²) in [5.41, 5.74) is 8.71. The molecule has 0 aliphatic carbocycles. The van der Waals surface area contributed by atoms with Crippen molar-refractivity contribution in [3.63, 3.8) is 0 Å². The Balaban J connectivity index is 2.38. The standard InChI is InChI=1S/C15H24N2/c1-4-13-10-9-11(2)17(13)15-8-6-5-7-14(15)12(3)16/h5-8,11-13H,4,9-10,16H2,1-3H3/t11?,12-,13?/m1/s1. The highest BCUT2D eigenvalue weighted by Gasteiger charge is 2.30. The topological polar surface area (TPSA) is 29.3 Å². The third kappa shape index (κ3) is 2.32. The number of hydrogen-bond acceptors (Lipinski definition) is 2. The lowest BCUT2D eigenvalue weighted by molar-refractivity contribution is 0.622. The van der Waals surface area contributed by atoms with E-state index in [0.717, 1.165) is 0 Å². The molecule has 1 saturated heterocycles. The summed E-state index contributed by atoms with van der Waals surface area (Å²) < 4.78 is 0. The molecule has 2 unspecified atom stereocenters. The molecular weight excluding hydrogens is 208 g/mol. The van der Waals surface area contributed by atoms with E-state index in [4.69, 9.17) is 5.73 Å². The Bertz CT molecular complexity index is 373. The van der Waals surface area contributed by atoms with Gasteiger partial charge in [0.1, 0.15) is 0 Å². The molecule has 1 aliphatic heterocycles. The van der Waals surface area contributed by atoms with Gasteiger partial charge in [-0.05, 0) is 44.7 Å². The van der Waals surface area contributed by atoms with Gasteiger partial charge in [-0.25, -0.2) is 0 Å². The Morgan fingerprint density at radius 2 is 2.06 bits per heavy atom. The Labute approximate surface area is 105 Å². The molecular formula is C15H24N2. The molecule has 0 aromatic heterocycles. The maximum atomic E-state index is 6.09. The second-order valence-corrected chi connectivity index (χ2v) is 5.24. The summed E-state index contributed by atoms with van der Waals surface area (Å²) in [4.78, 5) is 2.58. The number of nitrogens with two attached hydrogens (primary N) is 1. The molecule has 1 aromatic carbocycles. The van der Waals surface area contributed by atoms with E-state index in [1.807, 2.05) is 0 Å². The summed E-state index contributed by atoms with van der Waals surface area (Å²) in [5, 5.41) is 0. The molecule has 0 amide bonds. The summed E-state index contributed by atoms with van der Waals surface area (Å²) >= 11 is 0. The molecule has 94 valence electrons. The Kier molecular flexibility index (Phi) is 3.72. The third-order valence-corrected chi connectivity index (χ3v) is 3.96. The van der Waals surface area contributed by atoms with Crippen molar-refractivity contribution < 1.29 is 0 Å². The summed E-state index contributed by atoms with van der Waals surface area (Å²) in [7, 11) is 0. The highest BCUT2D eigenvalue weighted by Crippen LogP contribution is 2.35. The molecule has 0 saturated carbocycles. The van der Waals surface area contributed by atoms with Crippen molar-refractivity contribution in [2.45, 2.75) is 58.2 Å². The lowest BCUT2D eigenvalue weighted by atomic mass is 10.0. The molecule has 0 bridgehead atoms. The van der Waals surface area contributed by atoms with Crippen LogP contribution in [0.3, 0.4) is 0 Å². The molecule has 1 aliphatic rings. The van der Waals surface area contributed by atoms with Crippen LogP contribution in [0.2, 0.25) is 0 Å². The van der Waals surface area contributed by atoms with Crippen LogP contribution in [0.25, 0.3) is 0 Å². The van der Waals surface area contributed by atoms with Gasteiger partial charge in [0.25, 0.3) is 0 Å². The lowest BCUT2D eigenvalue weighted by Gasteiger charge is -2.33. The van der Waals surface area contributed by atoms with Crippen LogP contribution in [0.15, 0.2) is 24.3 Å². The monoisotopic (exact) mass is 232 g/mol. The number of hydrogen-bond donors (Lipinski definition) is 1. The zero-order valence-electron chi connectivity index (χ0n) is 11.2. The van der Waals surface area contributed by atoms with Crippen LogP contribution in [0.4, 0.5) is 5.69 Å². The molecule has 0 radical (unpaired) electrons. The molecule has 2 N–H and O–H groups in total. The maximum Gasteiger partial charge on any atom is 0.0419 e. The van der Waals surface area contributed by atoms with Crippen LogP contribution < -0.4 is 10.6 Å². The summed E-state index contributed by atoms with van der Waals surface area (Å²) in [6.45, 7) is 6.68. The van der Waals surface area contributed by atoms with Gasteiger partial charge in [-0.2, -0.15) is 0 Å². The van der Waals surface area contributed by atoms with E-state index >= 15 is 0 Å². The zero-order valence-corrected chi connectivity index (χ0v) is 11.2. The minimum Gasteiger partial charge on any atom is -0.366 e. The van der Waals surface area contributed by atoms with Gasteiger partial charge < -0.3 is 10.6 Å². The predicted octanol–water partition coefficient (Wildman–Crippen LogP) is 3.47. The SMILES string of the molecule is CCC1CCC(C)N1c1ccccc1[C@@H](C)N. The Hall–Kier alpha value is -1.02. The van der Waals surface area contributed by atoms with Crippen molar-refractivity contribution in [3.8, 4) is 0 Å². The van der Waals surface area contributed by atoms with Gasteiger partial charge in [0.2, 0.25) is 0 Å². The van der Waals surface area contributed by atoms with Gasteiger partial charge in [-0.3, -0.25) is 0 Å². The second-order valence-electron chi connectivity index (χ2n) is 5.24. The van der Waals surface area contributed by atoms with Crippen LogP contribution in [0.5, 0.6) is 0 Å². The van der Waals surface area contributed by atoms with E-state index in [-0.39, 0.29) is 6.04 Å². The molecule has 2 nitrogen and oxygen atoms in total. The average Bonchev–Trinajstić information content (AvgIpc) is 2.70. The zero-order chi connectivity index (χ0) is 12.4. The van der Waals surface area contributed by atoms with Crippen molar-refractivity contribution in [2.24, 2.45) is 5.73 Å². The number of anilines is 1. The molecule has 1 heterocycles. The van der Waals surface area contributed by atoms with Crippen molar-refractivity contribution in [2.75, 3.05) is 4.90 Å². The molecule has 1 aromatic rings. The maximum absolute atomic E-state index is 6.09. The van der Waals surface area contributed by atoms with Crippen LogP contribution >= 0.6 is 0 Å². The van der Waals surface area contributed by atoms with Crippen LogP contribution in [-0.2, 0) is 0 Å².